The molecule has 1 N–H and O–H groups in total. The number of rotatable bonds is 6. The molecule has 0 saturated carbocycles. The summed E-state index contributed by atoms with van der Waals surface area (Å²) < 4.78 is 41.0. The van der Waals surface area contributed by atoms with E-state index in [1.54, 1.807) is 25.1 Å². The molecule has 0 aliphatic heterocycles. The molecule has 0 heterocycles. The van der Waals surface area contributed by atoms with Crippen LogP contribution in [-0.4, -0.2) is 20.7 Å². The van der Waals surface area contributed by atoms with Crippen LogP contribution in [0, 0.1) is 12.7 Å². The second-order valence-electron chi connectivity index (χ2n) is 6.12. The van der Waals surface area contributed by atoms with Crippen molar-refractivity contribution < 1.29 is 17.6 Å². The van der Waals surface area contributed by atoms with E-state index >= 15 is 0 Å². The molecule has 0 atom stereocenters. The first-order chi connectivity index (χ1) is 12.9. The number of carbonyl (C=O) groups is 1. The van der Waals surface area contributed by atoms with Crippen molar-refractivity contribution in [3.05, 3.63) is 89.7 Å². The maximum Gasteiger partial charge on any atom is 0.240 e. The first-order valence-electron chi connectivity index (χ1n) is 8.31. The third kappa shape index (κ3) is 4.48. The second-order valence-corrected chi connectivity index (χ2v) is 7.89. The fraction of sp³-hybridized carbons (Fsp3) is 0.0952. The summed E-state index contributed by atoms with van der Waals surface area (Å²) in [6.07, 6.45) is 0. The SMILES string of the molecule is Cc1cccc(S(=O)(=O)NCC(=O)c2cc(-c3ccccc3)ccc2F)c1. The van der Waals surface area contributed by atoms with Gasteiger partial charge in [-0.25, -0.2) is 17.5 Å². The van der Waals surface area contributed by atoms with Crippen LogP contribution >= 0.6 is 0 Å². The number of hydrogen-bond acceptors (Lipinski definition) is 3. The highest BCUT2D eigenvalue weighted by Gasteiger charge is 2.18. The zero-order valence-corrected chi connectivity index (χ0v) is 15.5. The summed E-state index contributed by atoms with van der Waals surface area (Å²) in [6.45, 7) is 1.25. The summed E-state index contributed by atoms with van der Waals surface area (Å²) in [7, 11) is -3.85. The van der Waals surface area contributed by atoms with Gasteiger partial charge >= 0.3 is 0 Å². The van der Waals surface area contributed by atoms with E-state index in [4.69, 9.17) is 0 Å². The predicted molar refractivity (Wildman–Crippen MR) is 103 cm³/mol. The van der Waals surface area contributed by atoms with Crippen molar-refractivity contribution in [2.24, 2.45) is 0 Å². The zero-order chi connectivity index (χ0) is 19.4. The monoisotopic (exact) mass is 383 g/mol. The average Bonchev–Trinajstić information content (AvgIpc) is 2.67. The van der Waals surface area contributed by atoms with Crippen LogP contribution in [0.15, 0.2) is 77.7 Å². The quantitative estimate of drug-likeness (QED) is 0.656. The third-order valence-electron chi connectivity index (χ3n) is 4.10. The van der Waals surface area contributed by atoms with Gasteiger partial charge in [-0.3, -0.25) is 4.79 Å². The lowest BCUT2D eigenvalue weighted by atomic mass is 10.0. The number of benzene rings is 3. The van der Waals surface area contributed by atoms with Crippen molar-refractivity contribution in [3.8, 4) is 11.1 Å². The van der Waals surface area contributed by atoms with Crippen LogP contribution in [0.1, 0.15) is 15.9 Å². The molecule has 138 valence electrons. The van der Waals surface area contributed by atoms with Crippen molar-refractivity contribution in [2.75, 3.05) is 6.54 Å². The van der Waals surface area contributed by atoms with Gasteiger partial charge in [0.05, 0.1) is 17.0 Å². The van der Waals surface area contributed by atoms with Crippen LogP contribution in [0.25, 0.3) is 11.1 Å². The van der Waals surface area contributed by atoms with Gasteiger partial charge in [0, 0.05) is 0 Å². The molecule has 0 aliphatic rings. The molecular weight excluding hydrogens is 365 g/mol. The van der Waals surface area contributed by atoms with Crippen LogP contribution in [0.4, 0.5) is 4.39 Å². The van der Waals surface area contributed by atoms with Crippen molar-refractivity contribution >= 4 is 15.8 Å². The van der Waals surface area contributed by atoms with Gasteiger partial charge in [-0.15, -0.1) is 0 Å². The first kappa shape index (κ1) is 18.9. The lowest BCUT2D eigenvalue weighted by molar-refractivity contribution is 0.0993. The molecule has 0 bridgehead atoms. The van der Waals surface area contributed by atoms with E-state index in [-0.39, 0.29) is 10.5 Å². The topological polar surface area (TPSA) is 63.2 Å². The fourth-order valence-electron chi connectivity index (χ4n) is 2.67. The molecule has 0 unspecified atom stereocenters. The highest BCUT2D eigenvalue weighted by molar-refractivity contribution is 7.89. The van der Waals surface area contributed by atoms with Crippen LogP contribution in [-0.2, 0) is 10.0 Å². The molecule has 0 radical (unpaired) electrons. The Morgan fingerprint density at radius 1 is 0.926 bits per heavy atom. The molecule has 0 fully saturated rings. The van der Waals surface area contributed by atoms with E-state index in [0.29, 0.717) is 5.56 Å². The summed E-state index contributed by atoms with van der Waals surface area (Å²) in [5.41, 5.74) is 2.16. The number of ketones is 1. The molecule has 0 spiro atoms. The lowest BCUT2D eigenvalue weighted by Crippen LogP contribution is -2.30. The van der Waals surface area contributed by atoms with Gasteiger partial charge in [0.1, 0.15) is 5.82 Å². The Bertz CT molecular complexity index is 1080. The number of halogens is 1. The molecule has 3 aromatic rings. The normalized spacial score (nSPS) is 11.3. The first-order valence-corrected chi connectivity index (χ1v) is 9.80. The van der Waals surface area contributed by atoms with E-state index in [1.807, 2.05) is 30.3 Å². The van der Waals surface area contributed by atoms with Crippen molar-refractivity contribution in [1.29, 1.82) is 0 Å². The van der Waals surface area contributed by atoms with Crippen LogP contribution in [0.3, 0.4) is 0 Å². The van der Waals surface area contributed by atoms with E-state index in [2.05, 4.69) is 4.72 Å². The molecule has 0 aromatic heterocycles. The van der Waals surface area contributed by atoms with E-state index in [1.165, 1.54) is 24.3 Å². The number of sulfonamides is 1. The third-order valence-corrected chi connectivity index (χ3v) is 5.50. The van der Waals surface area contributed by atoms with Gasteiger partial charge in [-0.1, -0.05) is 48.5 Å². The Morgan fingerprint density at radius 2 is 1.67 bits per heavy atom. The van der Waals surface area contributed by atoms with Gasteiger partial charge in [-0.05, 0) is 47.9 Å². The summed E-state index contributed by atoms with van der Waals surface area (Å²) in [6, 6.07) is 19.8. The second kappa shape index (κ2) is 7.82. The van der Waals surface area contributed by atoms with Crippen LogP contribution in [0.5, 0.6) is 0 Å². The van der Waals surface area contributed by atoms with E-state index < -0.39 is 28.2 Å². The molecular formula is C21H18FNO3S. The molecule has 6 heteroatoms. The Morgan fingerprint density at radius 3 is 2.37 bits per heavy atom. The number of Topliss-reactive ketones (excluding diaryl/α,β-unsaturated/α-hetero) is 1. The average molecular weight is 383 g/mol. The Balaban J connectivity index is 1.80. The maximum absolute atomic E-state index is 14.1. The van der Waals surface area contributed by atoms with Crippen molar-refractivity contribution in [1.82, 2.24) is 4.72 Å². The van der Waals surface area contributed by atoms with Crippen molar-refractivity contribution in [2.45, 2.75) is 11.8 Å². The maximum atomic E-state index is 14.1. The van der Waals surface area contributed by atoms with E-state index in [9.17, 15) is 17.6 Å². The minimum atomic E-state index is -3.85. The molecule has 0 aliphatic carbocycles. The summed E-state index contributed by atoms with van der Waals surface area (Å²) >= 11 is 0. The molecule has 4 nitrogen and oxygen atoms in total. The van der Waals surface area contributed by atoms with Gasteiger partial charge < -0.3 is 0 Å². The number of hydrogen-bond donors (Lipinski definition) is 1. The molecule has 3 aromatic carbocycles. The largest absolute Gasteiger partial charge is 0.293 e. The highest BCUT2D eigenvalue weighted by Crippen LogP contribution is 2.22. The standard InChI is InChI=1S/C21H18FNO3S/c1-15-6-5-9-18(12-15)27(25,26)23-14-21(24)19-13-17(10-11-20(19)22)16-7-3-2-4-8-16/h2-13,23H,14H2,1H3. The lowest BCUT2D eigenvalue weighted by Gasteiger charge is -2.09. The van der Waals surface area contributed by atoms with Crippen LogP contribution in [0.2, 0.25) is 0 Å². The smallest absolute Gasteiger partial charge is 0.240 e. The molecule has 0 saturated heterocycles. The van der Waals surface area contributed by atoms with Crippen molar-refractivity contribution in [3.63, 3.8) is 0 Å². The molecule has 27 heavy (non-hydrogen) atoms. The number of nitrogens with one attached hydrogen (secondary N) is 1. The van der Waals surface area contributed by atoms with Gasteiger partial charge in [0.15, 0.2) is 5.78 Å². The zero-order valence-electron chi connectivity index (χ0n) is 14.6. The van der Waals surface area contributed by atoms with Gasteiger partial charge in [-0.2, -0.15) is 0 Å². The number of aryl methyl sites for hydroxylation is 1. The minimum absolute atomic E-state index is 0.0637. The number of carbonyl (C=O) groups excluding carboxylic acids is 1. The van der Waals surface area contributed by atoms with Gasteiger partial charge in [0.25, 0.3) is 0 Å². The fourth-order valence-corrected chi connectivity index (χ4v) is 3.76. The minimum Gasteiger partial charge on any atom is -0.293 e. The van der Waals surface area contributed by atoms with Crippen LogP contribution < -0.4 is 4.72 Å². The van der Waals surface area contributed by atoms with E-state index in [0.717, 1.165) is 11.1 Å². The van der Waals surface area contributed by atoms with Gasteiger partial charge in [0.2, 0.25) is 10.0 Å². The Labute approximate surface area is 157 Å². The molecule has 0 amide bonds. The predicted octanol–water partition coefficient (Wildman–Crippen LogP) is 3.96. The Kier molecular flexibility index (Phi) is 5.48. The highest BCUT2D eigenvalue weighted by atomic mass is 32.2. The summed E-state index contributed by atoms with van der Waals surface area (Å²) in [4.78, 5) is 12.5. The summed E-state index contributed by atoms with van der Waals surface area (Å²) in [5, 5.41) is 0. The molecule has 3 rings (SSSR count). The summed E-state index contributed by atoms with van der Waals surface area (Å²) in [5.74, 6) is -1.32. The Hall–Kier alpha value is -2.83.